The minimum Gasteiger partial charge on any atom is -0.371 e. The number of nitrogens with zero attached hydrogens (tertiary/aromatic N) is 2. The minimum absolute atomic E-state index is 0.0287. The monoisotopic (exact) mass is 284 g/mol. The quantitative estimate of drug-likeness (QED) is 0.901. The van der Waals surface area contributed by atoms with E-state index >= 15 is 0 Å². The molecule has 0 unspecified atom stereocenters. The van der Waals surface area contributed by atoms with Gasteiger partial charge in [-0.05, 0) is 23.8 Å². The highest BCUT2D eigenvalue weighted by Crippen LogP contribution is 2.14. The number of carbonyl (C=O) groups excluding carboxylic acids is 1. The predicted octanol–water partition coefficient (Wildman–Crippen LogP) is 2.06. The molecule has 0 spiro atoms. The Bertz CT molecular complexity index is 692. The van der Waals surface area contributed by atoms with Gasteiger partial charge in [0.1, 0.15) is 0 Å². The smallest absolute Gasteiger partial charge is 0.254 e. The van der Waals surface area contributed by atoms with Crippen molar-refractivity contribution in [2.75, 3.05) is 12.4 Å². The summed E-state index contributed by atoms with van der Waals surface area (Å²) in [7, 11) is 1.53. The lowest BCUT2D eigenvalue weighted by Crippen LogP contribution is -2.24. The number of carbonyl (C=O) groups is 1. The SMILES string of the molecule is CNc1nccc(C(=O)NCc2ccc(C#N)cc2)c1F. The first kappa shape index (κ1) is 14.5. The van der Waals surface area contributed by atoms with Gasteiger partial charge in [0, 0.05) is 19.8 Å². The number of hydrogen-bond acceptors (Lipinski definition) is 4. The van der Waals surface area contributed by atoms with Crippen molar-refractivity contribution in [3.8, 4) is 6.07 Å². The number of aromatic nitrogens is 1. The van der Waals surface area contributed by atoms with Gasteiger partial charge in [-0.15, -0.1) is 0 Å². The molecule has 1 heterocycles. The zero-order chi connectivity index (χ0) is 15.2. The number of pyridine rings is 1. The van der Waals surface area contributed by atoms with Crippen LogP contribution >= 0.6 is 0 Å². The molecule has 106 valence electrons. The van der Waals surface area contributed by atoms with Crippen LogP contribution in [0.4, 0.5) is 10.2 Å². The maximum atomic E-state index is 13.9. The number of amides is 1. The van der Waals surface area contributed by atoms with Gasteiger partial charge in [0.15, 0.2) is 11.6 Å². The van der Waals surface area contributed by atoms with Crippen LogP contribution in [0.15, 0.2) is 36.5 Å². The van der Waals surface area contributed by atoms with Crippen LogP contribution in [0.3, 0.4) is 0 Å². The Morgan fingerprint density at radius 3 is 2.67 bits per heavy atom. The third kappa shape index (κ3) is 3.34. The first-order valence-corrected chi connectivity index (χ1v) is 6.25. The van der Waals surface area contributed by atoms with E-state index < -0.39 is 11.7 Å². The predicted molar refractivity (Wildman–Crippen MR) is 76.1 cm³/mol. The zero-order valence-corrected chi connectivity index (χ0v) is 11.4. The lowest BCUT2D eigenvalue weighted by Gasteiger charge is -2.08. The van der Waals surface area contributed by atoms with Gasteiger partial charge >= 0.3 is 0 Å². The van der Waals surface area contributed by atoms with Gasteiger partial charge in [0.05, 0.1) is 17.2 Å². The van der Waals surface area contributed by atoms with Gasteiger partial charge in [0.25, 0.3) is 5.91 Å². The van der Waals surface area contributed by atoms with E-state index in [0.29, 0.717) is 5.56 Å². The van der Waals surface area contributed by atoms with Crippen molar-refractivity contribution in [3.63, 3.8) is 0 Å². The summed E-state index contributed by atoms with van der Waals surface area (Å²) in [4.78, 5) is 15.8. The molecule has 0 radical (unpaired) electrons. The molecule has 2 N–H and O–H groups in total. The Balaban J connectivity index is 2.06. The summed E-state index contributed by atoms with van der Waals surface area (Å²) in [6, 6.07) is 10.1. The minimum atomic E-state index is -0.683. The fourth-order valence-corrected chi connectivity index (χ4v) is 1.77. The molecule has 0 fully saturated rings. The zero-order valence-electron chi connectivity index (χ0n) is 11.4. The lowest BCUT2D eigenvalue weighted by atomic mass is 10.1. The summed E-state index contributed by atoms with van der Waals surface area (Å²) < 4.78 is 13.9. The average molecular weight is 284 g/mol. The number of hydrogen-bond donors (Lipinski definition) is 2. The molecule has 1 aromatic carbocycles. The first-order chi connectivity index (χ1) is 10.2. The molecule has 0 bridgehead atoms. The van der Waals surface area contributed by atoms with Crippen LogP contribution in [0.1, 0.15) is 21.5 Å². The van der Waals surface area contributed by atoms with Crippen molar-refractivity contribution in [1.29, 1.82) is 5.26 Å². The summed E-state index contributed by atoms with van der Waals surface area (Å²) in [5.41, 5.74) is 1.30. The normalized spacial score (nSPS) is 9.76. The van der Waals surface area contributed by atoms with Crippen LogP contribution in [-0.4, -0.2) is 17.9 Å². The highest BCUT2D eigenvalue weighted by atomic mass is 19.1. The number of halogens is 1. The molecule has 0 aliphatic heterocycles. The molecular formula is C15H13FN4O. The number of nitriles is 1. The molecule has 0 aliphatic rings. The van der Waals surface area contributed by atoms with Crippen LogP contribution in [0, 0.1) is 17.1 Å². The van der Waals surface area contributed by atoms with Crippen molar-refractivity contribution in [2.45, 2.75) is 6.54 Å². The topological polar surface area (TPSA) is 77.8 Å². The average Bonchev–Trinajstić information content (AvgIpc) is 2.53. The summed E-state index contributed by atoms with van der Waals surface area (Å²) in [5.74, 6) is -1.17. The van der Waals surface area contributed by atoms with Crippen molar-refractivity contribution < 1.29 is 9.18 Å². The number of benzene rings is 1. The molecular weight excluding hydrogens is 271 g/mol. The number of anilines is 1. The number of rotatable bonds is 4. The molecule has 5 nitrogen and oxygen atoms in total. The highest BCUT2D eigenvalue weighted by molar-refractivity contribution is 5.95. The van der Waals surface area contributed by atoms with Crippen LogP contribution in [-0.2, 0) is 6.54 Å². The summed E-state index contributed by atoms with van der Waals surface area (Å²) in [5, 5.41) is 13.9. The van der Waals surface area contributed by atoms with E-state index in [4.69, 9.17) is 5.26 Å². The molecule has 6 heteroatoms. The van der Waals surface area contributed by atoms with Crippen molar-refractivity contribution >= 4 is 11.7 Å². The fraction of sp³-hybridized carbons (Fsp3) is 0.133. The maximum Gasteiger partial charge on any atom is 0.254 e. The van der Waals surface area contributed by atoms with E-state index in [9.17, 15) is 9.18 Å². The molecule has 0 atom stereocenters. The standard InChI is InChI=1S/C15H13FN4O/c1-18-14-13(16)12(6-7-19-14)15(21)20-9-11-4-2-10(8-17)3-5-11/h2-7H,9H2,1H3,(H,18,19)(H,20,21). The van der Waals surface area contributed by atoms with Crippen LogP contribution in [0.2, 0.25) is 0 Å². The van der Waals surface area contributed by atoms with E-state index in [1.165, 1.54) is 19.3 Å². The summed E-state index contributed by atoms with van der Waals surface area (Å²) in [6.45, 7) is 0.251. The van der Waals surface area contributed by atoms with E-state index in [1.807, 2.05) is 6.07 Å². The van der Waals surface area contributed by atoms with Gasteiger partial charge in [-0.3, -0.25) is 4.79 Å². The Morgan fingerprint density at radius 1 is 1.33 bits per heavy atom. The van der Waals surface area contributed by atoms with Crippen LogP contribution in [0.5, 0.6) is 0 Å². The summed E-state index contributed by atoms with van der Waals surface area (Å²) >= 11 is 0. The summed E-state index contributed by atoms with van der Waals surface area (Å²) in [6.07, 6.45) is 1.37. The van der Waals surface area contributed by atoms with Crippen molar-refractivity contribution in [1.82, 2.24) is 10.3 Å². The molecule has 1 aromatic heterocycles. The van der Waals surface area contributed by atoms with E-state index in [-0.39, 0.29) is 17.9 Å². The fourth-order valence-electron chi connectivity index (χ4n) is 1.77. The van der Waals surface area contributed by atoms with E-state index in [2.05, 4.69) is 15.6 Å². The molecule has 2 aromatic rings. The molecule has 0 aliphatic carbocycles. The van der Waals surface area contributed by atoms with Crippen LogP contribution in [0.25, 0.3) is 0 Å². The van der Waals surface area contributed by atoms with Gasteiger partial charge in [-0.25, -0.2) is 9.37 Å². The largest absolute Gasteiger partial charge is 0.371 e. The second-order valence-corrected chi connectivity index (χ2v) is 4.26. The van der Waals surface area contributed by atoms with E-state index in [0.717, 1.165) is 5.56 Å². The molecule has 2 rings (SSSR count). The molecule has 1 amide bonds. The maximum absolute atomic E-state index is 13.9. The van der Waals surface area contributed by atoms with Gasteiger partial charge in [0.2, 0.25) is 0 Å². The second-order valence-electron chi connectivity index (χ2n) is 4.26. The van der Waals surface area contributed by atoms with Crippen molar-refractivity contribution in [2.24, 2.45) is 0 Å². The molecule has 21 heavy (non-hydrogen) atoms. The first-order valence-electron chi connectivity index (χ1n) is 6.25. The molecule has 0 saturated heterocycles. The Kier molecular flexibility index (Phi) is 4.46. The van der Waals surface area contributed by atoms with E-state index in [1.54, 1.807) is 24.3 Å². The Hall–Kier alpha value is -2.94. The number of nitrogens with one attached hydrogen (secondary N) is 2. The van der Waals surface area contributed by atoms with Gasteiger partial charge in [-0.1, -0.05) is 12.1 Å². The third-order valence-corrected chi connectivity index (χ3v) is 2.91. The third-order valence-electron chi connectivity index (χ3n) is 2.91. The van der Waals surface area contributed by atoms with Gasteiger partial charge < -0.3 is 10.6 Å². The Labute approximate surface area is 121 Å². The highest BCUT2D eigenvalue weighted by Gasteiger charge is 2.15. The van der Waals surface area contributed by atoms with Crippen molar-refractivity contribution in [3.05, 3.63) is 59.0 Å². The van der Waals surface area contributed by atoms with Crippen LogP contribution < -0.4 is 10.6 Å². The second kappa shape index (κ2) is 6.48. The van der Waals surface area contributed by atoms with Gasteiger partial charge in [-0.2, -0.15) is 5.26 Å². The molecule has 0 saturated carbocycles. The Morgan fingerprint density at radius 2 is 2.05 bits per heavy atom. The lowest BCUT2D eigenvalue weighted by molar-refractivity contribution is 0.0947.